The maximum Gasteiger partial charge on any atom is 0.168 e. The van der Waals surface area contributed by atoms with Crippen molar-refractivity contribution >= 4 is 65.4 Å². The van der Waals surface area contributed by atoms with Crippen molar-refractivity contribution in [1.82, 2.24) is 28.5 Å². The summed E-state index contributed by atoms with van der Waals surface area (Å²) in [6.45, 7) is 0. The minimum Gasteiger partial charge on any atom is -0.309 e. The Morgan fingerprint density at radius 1 is 0.250 bits per heavy atom. The van der Waals surface area contributed by atoms with Crippen LogP contribution >= 0.6 is 0 Å². The molecule has 0 spiro atoms. The molecule has 6 heteroatoms. The van der Waals surface area contributed by atoms with E-state index in [9.17, 15) is 0 Å². The van der Waals surface area contributed by atoms with Gasteiger partial charge in [0.05, 0.1) is 38.8 Å². The number of hydrogen-bond acceptors (Lipinski definition) is 2. The Hall–Kier alpha value is -9.26. The summed E-state index contributed by atoms with van der Waals surface area (Å²) >= 11 is 0. The minimum absolute atomic E-state index is 0.784. The first-order valence-corrected chi connectivity index (χ1v) is 23.1. The third-order valence-corrected chi connectivity index (χ3v) is 13.7. The van der Waals surface area contributed by atoms with Crippen LogP contribution in [0.4, 0.5) is 0 Å². The van der Waals surface area contributed by atoms with E-state index in [1.54, 1.807) is 0 Å². The quantitative estimate of drug-likeness (QED) is 0.160. The van der Waals surface area contributed by atoms with Gasteiger partial charge < -0.3 is 13.7 Å². The van der Waals surface area contributed by atoms with E-state index >= 15 is 0 Å². The Morgan fingerprint density at radius 3 is 1.28 bits per heavy atom. The summed E-state index contributed by atoms with van der Waals surface area (Å²) in [7, 11) is 0. The zero-order valence-corrected chi connectivity index (χ0v) is 36.8. The van der Waals surface area contributed by atoms with Crippen LogP contribution in [-0.2, 0) is 0 Å². The summed E-state index contributed by atoms with van der Waals surface area (Å²) < 4.78 is 9.53. The first kappa shape index (κ1) is 38.1. The van der Waals surface area contributed by atoms with Gasteiger partial charge in [-0.3, -0.25) is 4.57 Å². The van der Waals surface area contributed by atoms with Crippen molar-refractivity contribution in [3.63, 3.8) is 0 Å². The van der Waals surface area contributed by atoms with Crippen molar-refractivity contribution in [3.8, 4) is 56.7 Å². The molecule has 0 saturated heterocycles. The van der Waals surface area contributed by atoms with Crippen molar-refractivity contribution in [1.29, 1.82) is 0 Å². The van der Waals surface area contributed by atoms with Gasteiger partial charge in [-0.1, -0.05) is 176 Å². The molecule has 0 saturated carbocycles. The molecule has 14 rings (SSSR count). The second kappa shape index (κ2) is 15.2. The monoisotopic (exact) mass is 868 g/mol. The summed E-state index contributed by atoms with van der Waals surface area (Å²) in [6, 6.07) is 87.0. The molecule has 0 N–H and O–H groups in total. The number of benzene rings is 10. The molecule has 6 nitrogen and oxygen atoms in total. The van der Waals surface area contributed by atoms with Gasteiger partial charge in [-0.05, 0) is 77.9 Å². The molecule has 318 valence electrons. The van der Waals surface area contributed by atoms with Gasteiger partial charge in [0.15, 0.2) is 11.6 Å². The SMILES string of the molecule is c1ccc(-c2nnc(-c3ccccc3)n2-c2cccc3c4ccccc4n(-c4cccc(-c5cccc(-n6c7ccccc7c7c6ccc6c8ccccc8n(-c8ccccc8)c67)c5)c4)c23)cc1. The summed E-state index contributed by atoms with van der Waals surface area (Å²) in [5, 5.41) is 17.0. The van der Waals surface area contributed by atoms with E-state index in [-0.39, 0.29) is 0 Å². The van der Waals surface area contributed by atoms with Gasteiger partial charge in [-0.15, -0.1) is 10.2 Å². The lowest BCUT2D eigenvalue weighted by Gasteiger charge is -2.16. The minimum atomic E-state index is 0.784. The maximum atomic E-state index is 4.87. The molecular weight excluding hydrogens is 829 g/mol. The Morgan fingerprint density at radius 2 is 0.676 bits per heavy atom. The first-order chi connectivity index (χ1) is 33.8. The maximum absolute atomic E-state index is 4.87. The van der Waals surface area contributed by atoms with Crippen molar-refractivity contribution in [3.05, 3.63) is 243 Å². The number of rotatable bonds is 7. The molecule has 68 heavy (non-hydrogen) atoms. The van der Waals surface area contributed by atoms with E-state index in [0.717, 1.165) is 73.1 Å². The highest BCUT2D eigenvalue weighted by Crippen LogP contribution is 2.43. The van der Waals surface area contributed by atoms with E-state index in [2.05, 4.69) is 249 Å². The lowest BCUT2D eigenvalue weighted by molar-refractivity contribution is 1.06. The van der Waals surface area contributed by atoms with Crippen LogP contribution in [-0.4, -0.2) is 28.5 Å². The number of aromatic nitrogens is 6. The summed E-state index contributed by atoms with van der Waals surface area (Å²) in [6.07, 6.45) is 0. The topological polar surface area (TPSA) is 45.5 Å². The molecule has 14 aromatic rings. The average Bonchev–Trinajstić information content (AvgIpc) is 4.18. The standard InChI is InChI=1S/C62H40N6/c1-4-19-41(20-5-1)61-63-64-62(42-21-6-2-7-22-42)68(61)57-36-18-32-50-48-29-10-14-34-54(48)67(59(50)57)47-28-17-24-44(40-47)43-23-16-27-46(39-43)65-55-35-15-12-31-52(55)58-56(65)38-37-51-49-30-11-13-33-53(49)66(60(51)58)45-25-8-3-9-26-45/h1-40H. The summed E-state index contributed by atoms with van der Waals surface area (Å²) in [5.74, 6) is 1.57. The molecule has 10 aromatic carbocycles. The molecule has 0 aliphatic rings. The van der Waals surface area contributed by atoms with Crippen LogP contribution in [0.2, 0.25) is 0 Å². The third kappa shape index (κ3) is 5.71. The van der Waals surface area contributed by atoms with Gasteiger partial charge in [0.2, 0.25) is 0 Å². The molecule has 4 heterocycles. The predicted molar refractivity (Wildman–Crippen MR) is 281 cm³/mol. The highest BCUT2D eigenvalue weighted by Gasteiger charge is 2.24. The Balaban J connectivity index is 0.969. The van der Waals surface area contributed by atoms with Gasteiger partial charge in [-0.25, -0.2) is 0 Å². The molecule has 0 bridgehead atoms. The predicted octanol–water partition coefficient (Wildman–Crippen LogP) is 15.6. The van der Waals surface area contributed by atoms with Crippen molar-refractivity contribution in [2.75, 3.05) is 0 Å². The smallest absolute Gasteiger partial charge is 0.168 e. The van der Waals surface area contributed by atoms with Crippen molar-refractivity contribution in [2.45, 2.75) is 0 Å². The fourth-order valence-corrected chi connectivity index (χ4v) is 10.8. The summed E-state index contributed by atoms with van der Waals surface area (Å²) in [4.78, 5) is 0. The van der Waals surface area contributed by atoms with Gasteiger partial charge >= 0.3 is 0 Å². The molecule has 4 aromatic heterocycles. The first-order valence-electron chi connectivity index (χ1n) is 23.1. The van der Waals surface area contributed by atoms with Gasteiger partial charge in [-0.2, -0.15) is 0 Å². The van der Waals surface area contributed by atoms with Crippen LogP contribution in [0.5, 0.6) is 0 Å². The summed E-state index contributed by atoms with van der Waals surface area (Å²) in [5.41, 5.74) is 15.5. The molecule has 0 radical (unpaired) electrons. The fraction of sp³-hybridized carbons (Fsp3) is 0. The second-order valence-electron chi connectivity index (χ2n) is 17.4. The zero-order valence-electron chi connectivity index (χ0n) is 36.8. The van der Waals surface area contributed by atoms with E-state index in [1.165, 1.54) is 49.0 Å². The normalized spacial score (nSPS) is 11.8. The molecule has 0 aliphatic carbocycles. The lowest BCUT2D eigenvalue weighted by atomic mass is 10.0. The lowest BCUT2D eigenvalue weighted by Crippen LogP contribution is -2.04. The Kier molecular flexibility index (Phi) is 8.48. The number of nitrogens with zero attached hydrogens (tertiary/aromatic N) is 6. The van der Waals surface area contributed by atoms with Crippen molar-refractivity contribution in [2.24, 2.45) is 0 Å². The van der Waals surface area contributed by atoms with E-state index in [4.69, 9.17) is 10.2 Å². The number of fused-ring (bicyclic) bond motifs is 10. The molecule has 0 aliphatic heterocycles. The van der Waals surface area contributed by atoms with Crippen LogP contribution < -0.4 is 0 Å². The number of hydrogen-bond donors (Lipinski definition) is 0. The van der Waals surface area contributed by atoms with Gasteiger partial charge in [0.25, 0.3) is 0 Å². The van der Waals surface area contributed by atoms with Gasteiger partial charge in [0, 0.05) is 60.5 Å². The fourth-order valence-electron chi connectivity index (χ4n) is 10.8. The van der Waals surface area contributed by atoms with Crippen molar-refractivity contribution < 1.29 is 0 Å². The molecular formula is C62H40N6. The van der Waals surface area contributed by atoms with E-state index in [0.29, 0.717) is 0 Å². The molecule has 0 fully saturated rings. The van der Waals surface area contributed by atoms with Crippen LogP contribution in [0.15, 0.2) is 243 Å². The molecule has 0 unspecified atom stereocenters. The largest absolute Gasteiger partial charge is 0.309 e. The Labute approximate surface area is 391 Å². The van der Waals surface area contributed by atoms with Crippen LogP contribution in [0.1, 0.15) is 0 Å². The average molecular weight is 869 g/mol. The Bertz CT molecular complexity index is 4190. The highest BCUT2D eigenvalue weighted by molar-refractivity contribution is 6.26. The molecule has 0 atom stereocenters. The van der Waals surface area contributed by atoms with E-state index < -0.39 is 0 Å². The van der Waals surface area contributed by atoms with Crippen LogP contribution in [0.3, 0.4) is 0 Å². The number of para-hydroxylation sites is 5. The molecule has 0 amide bonds. The van der Waals surface area contributed by atoms with Crippen LogP contribution in [0, 0.1) is 0 Å². The second-order valence-corrected chi connectivity index (χ2v) is 17.4. The van der Waals surface area contributed by atoms with Gasteiger partial charge in [0.1, 0.15) is 0 Å². The highest BCUT2D eigenvalue weighted by atomic mass is 15.3. The van der Waals surface area contributed by atoms with Crippen LogP contribution in [0.25, 0.3) is 122 Å². The third-order valence-electron chi connectivity index (χ3n) is 13.7. The van der Waals surface area contributed by atoms with E-state index in [1.807, 2.05) is 12.1 Å². The zero-order chi connectivity index (χ0) is 44.7.